The second-order valence-electron chi connectivity index (χ2n) is 4.50. The van der Waals surface area contributed by atoms with Gasteiger partial charge in [0, 0.05) is 11.6 Å². The fraction of sp³-hybridized carbons (Fsp3) is 0.133. The quantitative estimate of drug-likeness (QED) is 0.837. The predicted octanol–water partition coefficient (Wildman–Crippen LogP) is 4.31. The minimum Gasteiger partial charge on any atom is -0.406 e. The molecule has 0 spiro atoms. The summed E-state index contributed by atoms with van der Waals surface area (Å²) in [5, 5.41) is 2.62. The van der Waals surface area contributed by atoms with Gasteiger partial charge in [0.1, 0.15) is 11.6 Å². The van der Waals surface area contributed by atoms with Crippen molar-refractivity contribution in [2.75, 3.05) is 0 Å². The number of amides is 1. The Kier molecular flexibility index (Phi) is 5.10. The van der Waals surface area contributed by atoms with Crippen LogP contribution in [0.2, 0.25) is 5.02 Å². The number of hydrogen-bond donors (Lipinski definition) is 1. The molecule has 1 N–H and O–H groups in total. The Morgan fingerprint density at radius 2 is 1.78 bits per heavy atom. The van der Waals surface area contributed by atoms with Crippen molar-refractivity contribution < 1.29 is 27.1 Å². The van der Waals surface area contributed by atoms with Crippen LogP contribution < -0.4 is 10.1 Å². The van der Waals surface area contributed by atoms with E-state index in [4.69, 9.17) is 11.6 Å². The van der Waals surface area contributed by atoms with Crippen molar-refractivity contribution in [3.05, 3.63) is 64.4 Å². The van der Waals surface area contributed by atoms with E-state index in [0.717, 1.165) is 18.2 Å². The monoisotopic (exact) mass is 347 g/mol. The maximum atomic E-state index is 13.6. The number of carbonyl (C=O) groups excluding carboxylic acids is 1. The number of halogens is 5. The molecule has 122 valence electrons. The lowest BCUT2D eigenvalue weighted by Crippen LogP contribution is -2.23. The number of hydrogen-bond acceptors (Lipinski definition) is 2. The van der Waals surface area contributed by atoms with E-state index in [-0.39, 0.29) is 22.9 Å². The molecule has 0 radical (unpaired) electrons. The highest BCUT2D eigenvalue weighted by atomic mass is 35.5. The highest BCUT2D eigenvalue weighted by Crippen LogP contribution is 2.22. The minimum atomic E-state index is -4.76. The molecule has 3 nitrogen and oxygen atoms in total. The van der Waals surface area contributed by atoms with Gasteiger partial charge in [-0.3, -0.25) is 4.79 Å². The zero-order chi connectivity index (χ0) is 17.0. The Labute approximate surface area is 133 Å². The van der Waals surface area contributed by atoms with Gasteiger partial charge in [0.2, 0.25) is 0 Å². The maximum absolute atomic E-state index is 13.6. The fourth-order valence-corrected chi connectivity index (χ4v) is 1.92. The van der Waals surface area contributed by atoms with Crippen molar-refractivity contribution in [1.82, 2.24) is 5.32 Å². The van der Waals surface area contributed by atoms with E-state index in [9.17, 15) is 22.4 Å². The lowest BCUT2D eigenvalue weighted by atomic mass is 10.2. The average molecular weight is 348 g/mol. The van der Waals surface area contributed by atoms with Crippen LogP contribution in [-0.2, 0) is 6.54 Å². The summed E-state index contributed by atoms with van der Waals surface area (Å²) in [5.41, 5.74) is 0.355. The fourth-order valence-electron chi connectivity index (χ4n) is 1.76. The van der Waals surface area contributed by atoms with Crippen LogP contribution in [0.25, 0.3) is 0 Å². The molecule has 0 aromatic heterocycles. The van der Waals surface area contributed by atoms with E-state index in [1.165, 1.54) is 24.3 Å². The Morgan fingerprint density at radius 1 is 1.13 bits per heavy atom. The highest BCUT2D eigenvalue weighted by Gasteiger charge is 2.30. The summed E-state index contributed by atoms with van der Waals surface area (Å²) in [7, 11) is 0. The molecule has 23 heavy (non-hydrogen) atoms. The predicted molar refractivity (Wildman–Crippen MR) is 75.7 cm³/mol. The Balaban J connectivity index is 1.96. The third-order valence-electron chi connectivity index (χ3n) is 2.79. The number of rotatable bonds is 4. The van der Waals surface area contributed by atoms with Crippen LogP contribution in [0.4, 0.5) is 17.6 Å². The van der Waals surface area contributed by atoms with E-state index >= 15 is 0 Å². The van der Waals surface area contributed by atoms with Gasteiger partial charge in [0.25, 0.3) is 5.91 Å². The molecule has 0 unspecified atom stereocenters. The van der Waals surface area contributed by atoms with Crippen LogP contribution in [0, 0.1) is 5.82 Å². The number of alkyl halides is 3. The molecule has 0 bridgehead atoms. The molecule has 2 aromatic carbocycles. The summed E-state index contributed by atoms with van der Waals surface area (Å²) >= 11 is 5.59. The molecule has 0 atom stereocenters. The van der Waals surface area contributed by atoms with Gasteiger partial charge < -0.3 is 10.1 Å². The zero-order valence-electron chi connectivity index (χ0n) is 11.5. The number of benzene rings is 2. The first-order chi connectivity index (χ1) is 10.7. The number of carbonyl (C=O) groups is 1. The van der Waals surface area contributed by atoms with Crippen molar-refractivity contribution in [3.63, 3.8) is 0 Å². The standard InChI is InChI=1S/C15H10ClF4NO2/c16-10-3-6-12(13(17)7-10)14(22)21-8-9-1-4-11(5-2-9)23-15(18,19)20/h1-7H,8H2,(H,21,22). The Bertz CT molecular complexity index is 702. The summed E-state index contributed by atoms with van der Waals surface area (Å²) in [6.45, 7) is 0.0210. The number of ether oxygens (including phenoxy) is 1. The summed E-state index contributed by atoms with van der Waals surface area (Å²) in [4.78, 5) is 11.8. The molecule has 2 rings (SSSR count). The maximum Gasteiger partial charge on any atom is 0.573 e. The molecule has 0 aliphatic rings. The average Bonchev–Trinajstić information content (AvgIpc) is 2.44. The van der Waals surface area contributed by atoms with Crippen molar-refractivity contribution in [3.8, 4) is 5.75 Å². The molecule has 0 fully saturated rings. The van der Waals surface area contributed by atoms with Crippen LogP contribution in [0.3, 0.4) is 0 Å². The van der Waals surface area contributed by atoms with Gasteiger partial charge in [-0.1, -0.05) is 23.7 Å². The number of nitrogens with one attached hydrogen (secondary N) is 1. The molecule has 0 heterocycles. The molecular formula is C15H10ClF4NO2. The first-order valence-corrected chi connectivity index (χ1v) is 6.70. The largest absolute Gasteiger partial charge is 0.573 e. The van der Waals surface area contributed by atoms with Gasteiger partial charge in [0.15, 0.2) is 0 Å². The van der Waals surface area contributed by atoms with Gasteiger partial charge in [-0.05, 0) is 35.9 Å². The molecule has 0 aliphatic carbocycles. The zero-order valence-corrected chi connectivity index (χ0v) is 12.2. The van der Waals surface area contributed by atoms with Gasteiger partial charge in [-0.25, -0.2) is 4.39 Å². The van der Waals surface area contributed by atoms with Crippen LogP contribution in [0.5, 0.6) is 5.75 Å². The molecule has 2 aromatic rings. The lowest BCUT2D eigenvalue weighted by molar-refractivity contribution is -0.274. The molecular weight excluding hydrogens is 338 g/mol. The molecule has 0 saturated carbocycles. The summed E-state index contributed by atoms with van der Waals surface area (Å²) in [5.74, 6) is -1.78. The Hall–Kier alpha value is -2.28. The van der Waals surface area contributed by atoms with Crippen molar-refractivity contribution in [2.24, 2.45) is 0 Å². The second-order valence-corrected chi connectivity index (χ2v) is 4.94. The van der Waals surface area contributed by atoms with Gasteiger partial charge in [-0.15, -0.1) is 13.2 Å². The smallest absolute Gasteiger partial charge is 0.406 e. The van der Waals surface area contributed by atoms with Crippen LogP contribution in [0.15, 0.2) is 42.5 Å². The summed E-state index contributed by atoms with van der Waals surface area (Å²) in [6, 6.07) is 8.60. The first-order valence-electron chi connectivity index (χ1n) is 6.32. The molecule has 0 aliphatic heterocycles. The van der Waals surface area contributed by atoms with E-state index in [2.05, 4.69) is 10.1 Å². The third kappa shape index (κ3) is 5.14. The SMILES string of the molecule is O=C(NCc1ccc(OC(F)(F)F)cc1)c1ccc(Cl)cc1F. The second kappa shape index (κ2) is 6.87. The van der Waals surface area contributed by atoms with Crippen LogP contribution in [0.1, 0.15) is 15.9 Å². The molecule has 0 saturated heterocycles. The topological polar surface area (TPSA) is 38.3 Å². The lowest BCUT2D eigenvalue weighted by Gasteiger charge is -2.10. The van der Waals surface area contributed by atoms with Gasteiger partial charge in [-0.2, -0.15) is 0 Å². The first kappa shape index (κ1) is 17.1. The van der Waals surface area contributed by atoms with Crippen molar-refractivity contribution in [2.45, 2.75) is 12.9 Å². The summed E-state index contributed by atoms with van der Waals surface area (Å²) in [6.07, 6.45) is -4.76. The van der Waals surface area contributed by atoms with Crippen molar-refractivity contribution in [1.29, 1.82) is 0 Å². The normalized spacial score (nSPS) is 11.2. The van der Waals surface area contributed by atoms with Crippen LogP contribution in [-0.4, -0.2) is 12.3 Å². The summed E-state index contributed by atoms with van der Waals surface area (Å²) < 4.78 is 53.4. The van der Waals surface area contributed by atoms with E-state index in [1.54, 1.807) is 0 Å². The minimum absolute atomic E-state index is 0.0210. The van der Waals surface area contributed by atoms with Crippen molar-refractivity contribution >= 4 is 17.5 Å². The van der Waals surface area contributed by atoms with Gasteiger partial charge in [0.05, 0.1) is 5.56 Å². The van der Waals surface area contributed by atoms with E-state index < -0.39 is 18.1 Å². The molecule has 8 heteroatoms. The van der Waals surface area contributed by atoms with E-state index in [1.807, 2.05) is 0 Å². The van der Waals surface area contributed by atoms with E-state index in [0.29, 0.717) is 5.56 Å². The van der Waals surface area contributed by atoms with Gasteiger partial charge >= 0.3 is 6.36 Å². The Morgan fingerprint density at radius 3 is 2.35 bits per heavy atom. The third-order valence-corrected chi connectivity index (χ3v) is 3.02. The molecule has 1 amide bonds. The highest BCUT2D eigenvalue weighted by molar-refractivity contribution is 6.30. The van der Waals surface area contributed by atoms with Crippen LogP contribution >= 0.6 is 11.6 Å².